The average molecular weight is 750 g/mol. The maximum Gasteiger partial charge on any atom is 0.407 e. The number of rotatable bonds is 12. The van der Waals surface area contributed by atoms with E-state index in [0.717, 1.165) is 12.8 Å². The molecule has 4 aromatic rings. The number of nitrogens with zero attached hydrogens (tertiary/aromatic N) is 2. The van der Waals surface area contributed by atoms with E-state index in [1.54, 1.807) is 83.3 Å². The van der Waals surface area contributed by atoms with Crippen LogP contribution < -0.4 is 20.7 Å². The number of hydrogen-bond acceptors (Lipinski definition) is 8. The van der Waals surface area contributed by atoms with E-state index in [-0.39, 0.29) is 34.4 Å². The first-order valence-electron chi connectivity index (χ1n) is 17.0. The molecule has 0 radical (unpaired) electrons. The number of pyridine rings is 1. The zero-order valence-corrected chi connectivity index (χ0v) is 30.4. The van der Waals surface area contributed by atoms with E-state index in [4.69, 9.17) is 21.1 Å². The van der Waals surface area contributed by atoms with Crippen LogP contribution in [0.4, 0.5) is 14.9 Å². The number of sulfonamides is 1. The molecular weight excluding hydrogens is 709 g/mol. The average Bonchev–Trinajstić information content (AvgIpc) is 3.96. The summed E-state index contributed by atoms with van der Waals surface area (Å²) in [5.74, 6) is -1.62. The van der Waals surface area contributed by atoms with E-state index < -0.39 is 45.8 Å². The van der Waals surface area contributed by atoms with Crippen molar-refractivity contribution in [3.05, 3.63) is 119 Å². The molecule has 6 rings (SSSR count). The van der Waals surface area contributed by atoms with Crippen LogP contribution in [0.5, 0.6) is 5.88 Å². The smallest absolute Gasteiger partial charge is 0.407 e. The van der Waals surface area contributed by atoms with E-state index in [1.807, 2.05) is 0 Å². The third kappa shape index (κ3) is 8.39. The number of halogens is 2. The lowest BCUT2D eigenvalue weighted by Gasteiger charge is -2.31. The summed E-state index contributed by atoms with van der Waals surface area (Å²) in [5, 5.41) is 9.45. The zero-order chi connectivity index (χ0) is 36.9. The van der Waals surface area contributed by atoms with Crippen LogP contribution in [0.25, 0.3) is 0 Å². The first-order chi connectivity index (χ1) is 25.0. The number of alkyl carbamates (subject to hydrolysis) is 1. The maximum atomic E-state index is 15.7. The minimum atomic E-state index is -3.85. The van der Waals surface area contributed by atoms with Crippen molar-refractivity contribution < 1.29 is 31.9 Å². The van der Waals surface area contributed by atoms with Crippen LogP contribution in [0.2, 0.25) is 5.02 Å². The molecule has 14 heteroatoms. The minimum absolute atomic E-state index is 0.116. The van der Waals surface area contributed by atoms with Crippen LogP contribution in [0, 0.1) is 11.2 Å². The molecule has 1 saturated heterocycles. The number of carbonyl (C=O) groups excluding carboxylic acids is 2. The van der Waals surface area contributed by atoms with Crippen LogP contribution in [-0.4, -0.2) is 75.6 Å². The van der Waals surface area contributed by atoms with Gasteiger partial charge in [-0.25, -0.2) is 22.6 Å². The van der Waals surface area contributed by atoms with Gasteiger partial charge >= 0.3 is 6.09 Å². The van der Waals surface area contributed by atoms with Gasteiger partial charge in [-0.05, 0) is 78.6 Å². The quantitative estimate of drug-likeness (QED) is 0.167. The Balaban J connectivity index is 1.30. The van der Waals surface area contributed by atoms with Gasteiger partial charge in [0.25, 0.3) is 0 Å². The minimum Gasteiger partial charge on any atom is -0.481 e. The SMILES string of the molecule is COC(=O)N[C@H](C(=O)Nc1cccc(F)c1CC[C@H]1CNCC2(CC2)CN1S(=O)(=O)c1ccccc1)[C@@H](c1ccc(Cl)cc1)c1ccc(OC)nc1. The largest absolute Gasteiger partial charge is 0.481 e. The molecule has 2 amide bonds. The number of methoxy groups -OCH3 is 2. The van der Waals surface area contributed by atoms with Crippen molar-refractivity contribution in [1.29, 1.82) is 0 Å². The Morgan fingerprint density at radius 1 is 1.02 bits per heavy atom. The van der Waals surface area contributed by atoms with Crippen molar-refractivity contribution in [3.63, 3.8) is 0 Å². The molecule has 3 aromatic carbocycles. The highest BCUT2D eigenvalue weighted by Crippen LogP contribution is 2.48. The number of anilines is 1. The summed E-state index contributed by atoms with van der Waals surface area (Å²) >= 11 is 6.19. The van der Waals surface area contributed by atoms with Crippen LogP contribution in [0.15, 0.2) is 96.0 Å². The van der Waals surface area contributed by atoms with Crippen molar-refractivity contribution in [2.45, 2.75) is 48.6 Å². The first kappa shape index (κ1) is 37.2. The van der Waals surface area contributed by atoms with Crippen molar-refractivity contribution in [2.24, 2.45) is 5.41 Å². The lowest BCUT2D eigenvalue weighted by Crippen LogP contribution is -2.48. The lowest BCUT2D eigenvalue weighted by atomic mass is 9.85. The lowest BCUT2D eigenvalue weighted by molar-refractivity contribution is -0.118. The Labute approximate surface area is 307 Å². The Kier molecular flexibility index (Phi) is 11.4. The molecular formula is C38H41ClFN5O6S. The van der Waals surface area contributed by atoms with Gasteiger partial charge in [-0.3, -0.25) is 4.79 Å². The van der Waals surface area contributed by atoms with Gasteiger partial charge in [0.2, 0.25) is 21.8 Å². The Bertz CT molecular complexity index is 1980. The van der Waals surface area contributed by atoms with E-state index in [0.29, 0.717) is 41.7 Å². The standard InChI is InChI=1S/C38H41ClFN5O6S/c1-50-33-18-13-26(21-42-33)34(25-11-14-27(39)15-12-25)35(44-37(47)51-2)36(46)43-32-10-6-9-31(40)30(32)17-16-28-22-41-23-38(19-20-38)24-45(28)52(48,49)29-7-4-3-5-8-29/h3-15,18,21,28,34-35,41H,16-17,19-20,22-24H2,1-2H3,(H,43,46)(H,44,47)/t28-,34-,35-/m0/s1. The molecule has 2 fully saturated rings. The summed E-state index contributed by atoms with van der Waals surface area (Å²) in [6.07, 6.45) is 2.97. The van der Waals surface area contributed by atoms with E-state index in [9.17, 15) is 18.0 Å². The predicted octanol–water partition coefficient (Wildman–Crippen LogP) is 5.75. The van der Waals surface area contributed by atoms with E-state index in [1.165, 1.54) is 26.4 Å². The Morgan fingerprint density at radius 3 is 2.40 bits per heavy atom. The summed E-state index contributed by atoms with van der Waals surface area (Å²) in [5.41, 5.74) is 1.51. The molecule has 3 atom stereocenters. The number of benzene rings is 3. The fourth-order valence-electron chi connectivity index (χ4n) is 6.77. The summed E-state index contributed by atoms with van der Waals surface area (Å²) in [4.78, 5) is 31.5. The van der Waals surface area contributed by atoms with Gasteiger partial charge in [0, 0.05) is 60.1 Å². The summed E-state index contributed by atoms with van der Waals surface area (Å²) < 4.78 is 55.4. The van der Waals surface area contributed by atoms with Gasteiger partial charge in [-0.2, -0.15) is 4.31 Å². The van der Waals surface area contributed by atoms with Crippen LogP contribution in [0.3, 0.4) is 0 Å². The second-order valence-electron chi connectivity index (χ2n) is 13.2. The third-order valence-electron chi connectivity index (χ3n) is 9.82. The fraction of sp³-hybridized carbons (Fsp3) is 0.342. The van der Waals surface area contributed by atoms with Gasteiger partial charge in [0.05, 0.1) is 19.1 Å². The highest BCUT2D eigenvalue weighted by Gasteiger charge is 2.49. The molecule has 3 N–H and O–H groups in total. The maximum absolute atomic E-state index is 15.7. The van der Waals surface area contributed by atoms with Crippen LogP contribution in [-0.2, 0) is 26.0 Å². The molecule has 0 bridgehead atoms. The van der Waals surface area contributed by atoms with Gasteiger partial charge < -0.3 is 25.4 Å². The van der Waals surface area contributed by atoms with Gasteiger partial charge in [0.15, 0.2) is 0 Å². The van der Waals surface area contributed by atoms with Crippen molar-refractivity contribution in [1.82, 2.24) is 19.9 Å². The van der Waals surface area contributed by atoms with Crippen LogP contribution in [0.1, 0.15) is 41.9 Å². The molecule has 1 aliphatic carbocycles. The molecule has 1 saturated carbocycles. The number of carbonyl (C=O) groups is 2. The molecule has 1 aromatic heterocycles. The fourth-order valence-corrected chi connectivity index (χ4v) is 8.68. The third-order valence-corrected chi connectivity index (χ3v) is 12.0. The highest BCUT2D eigenvalue weighted by atomic mass is 35.5. The molecule has 2 heterocycles. The zero-order valence-electron chi connectivity index (χ0n) is 28.9. The number of hydrogen-bond donors (Lipinski definition) is 3. The van der Waals surface area contributed by atoms with Crippen molar-refractivity contribution >= 4 is 39.3 Å². The number of aromatic nitrogens is 1. The summed E-state index contributed by atoms with van der Waals surface area (Å²) in [6.45, 7) is 1.47. The molecule has 274 valence electrons. The highest BCUT2D eigenvalue weighted by molar-refractivity contribution is 7.89. The second kappa shape index (κ2) is 16.0. The summed E-state index contributed by atoms with van der Waals surface area (Å²) in [7, 11) is -1.17. The number of nitrogens with one attached hydrogen (secondary N) is 3. The van der Waals surface area contributed by atoms with Gasteiger partial charge in [0.1, 0.15) is 11.9 Å². The van der Waals surface area contributed by atoms with E-state index in [2.05, 4.69) is 20.9 Å². The van der Waals surface area contributed by atoms with Gasteiger partial charge in [-0.1, -0.05) is 54.1 Å². The van der Waals surface area contributed by atoms with Gasteiger partial charge in [-0.15, -0.1) is 0 Å². The molecule has 1 spiro atoms. The monoisotopic (exact) mass is 749 g/mol. The first-order valence-corrected chi connectivity index (χ1v) is 18.8. The topological polar surface area (TPSA) is 139 Å². The summed E-state index contributed by atoms with van der Waals surface area (Å²) in [6, 6.07) is 21.2. The van der Waals surface area contributed by atoms with Crippen LogP contribution >= 0.6 is 11.6 Å². The Morgan fingerprint density at radius 2 is 1.75 bits per heavy atom. The number of ether oxygens (including phenoxy) is 2. The second-order valence-corrected chi connectivity index (χ2v) is 15.5. The molecule has 11 nitrogen and oxygen atoms in total. The predicted molar refractivity (Wildman–Crippen MR) is 195 cm³/mol. The number of amides is 2. The molecule has 2 aliphatic rings. The Hall–Kier alpha value is -4.56. The van der Waals surface area contributed by atoms with Crippen molar-refractivity contribution in [2.75, 3.05) is 39.2 Å². The molecule has 52 heavy (non-hydrogen) atoms. The molecule has 1 aliphatic heterocycles. The molecule has 0 unspecified atom stereocenters. The van der Waals surface area contributed by atoms with Crippen molar-refractivity contribution in [3.8, 4) is 5.88 Å². The van der Waals surface area contributed by atoms with E-state index >= 15 is 4.39 Å². The normalized spacial score (nSPS) is 18.1.